The summed E-state index contributed by atoms with van der Waals surface area (Å²) in [7, 11) is -3.94. The molecule has 5 aliphatic rings. The maximum atomic E-state index is 14.6. The number of halogens is 1. The number of phenolic OH excluding ortho intramolecular Hbond substituents is 1. The number of carbonyl (C=O) groups excluding carboxylic acids is 5. The van der Waals surface area contributed by atoms with E-state index in [0.29, 0.717) is 25.7 Å². The number of allylic oxidation sites excluding steroid dienone is 1. The highest BCUT2D eigenvalue weighted by atomic mass is 32.2. The number of likely N-dealkylation sites (tertiary alicyclic amines) is 1. The van der Waals surface area contributed by atoms with Crippen LogP contribution in [-0.2, 0) is 29.1 Å². The number of thiazole rings is 1. The lowest BCUT2D eigenvalue weighted by Crippen LogP contribution is -2.60. The van der Waals surface area contributed by atoms with Crippen molar-refractivity contribution in [3.8, 4) is 17.0 Å². The number of alkyl carbamates (subject to hydrolysis) is 1. The Morgan fingerprint density at radius 1 is 1.09 bits per heavy atom. The van der Waals surface area contributed by atoms with Crippen LogP contribution >= 0.6 is 11.3 Å². The highest BCUT2D eigenvalue weighted by Crippen LogP contribution is 2.47. The molecule has 2 saturated heterocycles. The van der Waals surface area contributed by atoms with Crippen LogP contribution in [0.25, 0.3) is 11.3 Å². The fourth-order valence-corrected chi connectivity index (χ4v) is 10.2. The molecule has 0 radical (unpaired) electrons. The molecule has 302 valence electrons. The van der Waals surface area contributed by atoms with Gasteiger partial charge in [0.2, 0.25) is 21.8 Å². The van der Waals surface area contributed by atoms with Crippen molar-refractivity contribution in [2.75, 3.05) is 19.6 Å². The minimum absolute atomic E-state index is 0.0522. The van der Waals surface area contributed by atoms with Gasteiger partial charge in [-0.3, -0.25) is 23.9 Å². The Balaban J connectivity index is 1.17. The summed E-state index contributed by atoms with van der Waals surface area (Å²) in [6.07, 6.45) is 7.06. The van der Waals surface area contributed by atoms with Crippen LogP contribution in [0.15, 0.2) is 35.7 Å². The molecule has 0 bridgehead atoms. The molecule has 4 heterocycles. The molecule has 4 N–H and O–H groups in total. The molecule has 3 aliphatic heterocycles. The molecule has 5 amide bonds. The van der Waals surface area contributed by atoms with Gasteiger partial charge in [0.25, 0.3) is 11.8 Å². The average Bonchev–Trinajstić information content (AvgIpc) is 3.94. The lowest BCUT2D eigenvalue weighted by molar-refractivity contribution is -0.142. The van der Waals surface area contributed by atoms with E-state index in [1.807, 2.05) is 12.2 Å². The number of phenols is 1. The number of sulfonamides is 1. The highest BCUT2D eigenvalue weighted by Gasteiger charge is 2.63. The molecule has 18 heteroatoms. The molecule has 1 aromatic carbocycles. The first kappa shape index (κ1) is 39.6. The Labute approximate surface area is 328 Å². The number of benzene rings is 1. The molecular formula is C38H47FN6O9S2. The molecule has 56 heavy (non-hydrogen) atoms. The first-order valence-electron chi connectivity index (χ1n) is 19.0. The van der Waals surface area contributed by atoms with Crippen molar-refractivity contribution >= 4 is 51.1 Å². The van der Waals surface area contributed by atoms with Gasteiger partial charge in [-0.2, -0.15) is 0 Å². The summed E-state index contributed by atoms with van der Waals surface area (Å²) in [5.41, 5.74) is -2.06. The van der Waals surface area contributed by atoms with Crippen molar-refractivity contribution in [3.05, 3.63) is 46.6 Å². The molecule has 0 unspecified atom stereocenters. The van der Waals surface area contributed by atoms with Crippen LogP contribution in [0.4, 0.5) is 9.18 Å². The van der Waals surface area contributed by atoms with Gasteiger partial charge in [0.05, 0.1) is 10.9 Å². The number of nitrogens with one attached hydrogen (secondary N) is 3. The zero-order chi connectivity index (χ0) is 40.2. The standard InChI is InChI=1S/C38H47FN6O9S2/c1-37(2,3)54-36(51)41-28-10-8-6-4-5-7-9-22-16-38(22,35(50)43-56(52,53)24-12-13-24)42-31(47)30-26-19-44(17-21(26)18-45(30)33(28)48)34(49)32-40-29(20-55-32)25-14-11-23(46)15-27(25)39/h7,9,11,14-15,20-22,24,26,28,30,46H,4-6,8,10,12-13,16-19H2,1-3H3,(H,41,51)(H,42,47)(H,43,50)/b9-7-/t21-,22+,26-,28-,30-,38+/m0/s1. The quantitative estimate of drug-likeness (QED) is 0.313. The fourth-order valence-electron chi connectivity index (χ4n) is 8.03. The summed E-state index contributed by atoms with van der Waals surface area (Å²) >= 11 is 1.03. The van der Waals surface area contributed by atoms with Crippen LogP contribution in [0.2, 0.25) is 0 Å². The SMILES string of the molecule is CC(C)(C)OC(=O)N[C@H]1CCCCC/C=C\[C@@H]2C[C@@]2(C(=O)NS(=O)(=O)C2CC2)NC(=O)[C@@H]2[C@H]3CN(C(=O)c4nc(-c5ccc(O)cc5F)cs4)C[C@H]3CN2C1=O. The van der Waals surface area contributed by atoms with Crippen LogP contribution in [0.1, 0.15) is 81.9 Å². The second-order valence-corrected chi connectivity index (χ2v) is 19.3. The summed E-state index contributed by atoms with van der Waals surface area (Å²) in [6.45, 7) is 5.41. The highest BCUT2D eigenvalue weighted by molar-refractivity contribution is 7.91. The normalized spacial score (nSPS) is 28.8. The molecule has 4 fully saturated rings. The lowest BCUT2D eigenvalue weighted by Gasteiger charge is -2.33. The largest absolute Gasteiger partial charge is 0.508 e. The van der Waals surface area contributed by atoms with E-state index in [2.05, 4.69) is 20.3 Å². The fraction of sp³-hybridized carbons (Fsp3) is 0.579. The van der Waals surface area contributed by atoms with E-state index in [1.165, 1.54) is 17.0 Å². The van der Waals surface area contributed by atoms with Crippen molar-refractivity contribution in [1.82, 2.24) is 30.1 Å². The van der Waals surface area contributed by atoms with Crippen molar-refractivity contribution in [1.29, 1.82) is 0 Å². The van der Waals surface area contributed by atoms with E-state index in [4.69, 9.17) is 4.74 Å². The number of hydrogen-bond donors (Lipinski definition) is 4. The third-order valence-electron chi connectivity index (χ3n) is 11.1. The lowest BCUT2D eigenvalue weighted by atomic mass is 9.93. The summed E-state index contributed by atoms with van der Waals surface area (Å²) in [6, 6.07) is 1.44. The Bertz CT molecular complexity index is 2060. The van der Waals surface area contributed by atoms with Crippen molar-refractivity contribution in [3.63, 3.8) is 0 Å². The molecule has 2 saturated carbocycles. The van der Waals surface area contributed by atoms with Crippen LogP contribution in [0.5, 0.6) is 5.75 Å². The van der Waals surface area contributed by atoms with Crippen LogP contribution in [0, 0.1) is 23.6 Å². The predicted molar refractivity (Wildman–Crippen MR) is 202 cm³/mol. The van der Waals surface area contributed by atoms with E-state index < -0.39 is 85.9 Å². The number of amides is 5. The number of nitrogens with zero attached hydrogens (tertiary/aromatic N) is 3. The zero-order valence-electron chi connectivity index (χ0n) is 31.5. The average molecular weight is 815 g/mol. The zero-order valence-corrected chi connectivity index (χ0v) is 33.1. The van der Waals surface area contributed by atoms with Gasteiger partial charge < -0.3 is 30.3 Å². The summed E-state index contributed by atoms with van der Waals surface area (Å²) in [5.74, 6) is -4.82. The van der Waals surface area contributed by atoms with Gasteiger partial charge in [-0.25, -0.2) is 22.6 Å². The third-order valence-corrected chi connectivity index (χ3v) is 13.8. The summed E-state index contributed by atoms with van der Waals surface area (Å²) in [4.78, 5) is 77.1. The Morgan fingerprint density at radius 3 is 2.57 bits per heavy atom. The molecule has 6 atom stereocenters. The second-order valence-electron chi connectivity index (χ2n) is 16.5. The van der Waals surface area contributed by atoms with E-state index in [0.717, 1.165) is 30.2 Å². The summed E-state index contributed by atoms with van der Waals surface area (Å²) in [5, 5.41) is 16.2. The predicted octanol–water partition coefficient (Wildman–Crippen LogP) is 3.45. The van der Waals surface area contributed by atoms with Crippen molar-refractivity contribution in [2.45, 2.75) is 101 Å². The maximum absolute atomic E-state index is 14.6. The topological polar surface area (TPSA) is 204 Å². The van der Waals surface area contributed by atoms with Crippen molar-refractivity contribution < 1.29 is 46.6 Å². The number of rotatable bonds is 6. The number of aromatic nitrogens is 1. The van der Waals surface area contributed by atoms with E-state index >= 15 is 0 Å². The molecule has 0 spiro atoms. The molecule has 2 aliphatic carbocycles. The minimum atomic E-state index is -3.94. The number of carbonyl (C=O) groups is 5. The molecular weight excluding hydrogens is 768 g/mol. The van der Waals surface area contributed by atoms with Gasteiger partial charge in [0, 0.05) is 54.4 Å². The molecule has 15 nitrogen and oxygen atoms in total. The van der Waals surface area contributed by atoms with E-state index in [9.17, 15) is 41.9 Å². The first-order chi connectivity index (χ1) is 26.5. The molecule has 2 aromatic rings. The van der Waals surface area contributed by atoms with Crippen LogP contribution < -0.4 is 15.4 Å². The van der Waals surface area contributed by atoms with Gasteiger partial charge >= 0.3 is 6.09 Å². The van der Waals surface area contributed by atoms with Crippen molar-refractivity contribution in [2.24, 2.45) is 17.8 Å². The smallest absolute Gasteiger partial charge is 0.408 e. The van der Waals surface area contributed by atoms with E-state index in [1.54, 1.807) is 31.1 Å². The first-order valence-corrected chi connectivity index (χ1v) is 21.5. The maximum Gasteiger partial charge on any atom is 0.408 e. The van der Waals surface area contributed by atoms with E-state index in [-0.39, 0.29) is 60.4 Å². The third kappa shape index (κ3) is 8.26. The molecule has 7 rings (SSSR count). The number of aromatic hydroxyl groups is 1. The second kappa shape index (κ2) is 15.1. The minimum Gasteiger partial charge on any atom is -0.508 e. The summed E-state index contributed by atoms with van der Waals surface area (Å²) < 4.78 is 48.0. The Kier molecular flexibility index (Phi) is 10.7. The van der Waals surface area contributed by atoms with Gasteiger partial charge in [-0.1, -0.05) is 25.0 Å². The van der Waals surface area contributed by atoms with Gasteiger partial charge in [0.1, 0.15) is 34.8 Å². The van der Waals surface area contributed by atoms with Gasteiger partial charge in [0.15, 0.2) is 5.01 Å². The Morgan fingerprint density at radius 2 is 1.86 bits per heavy atom. The molecule has 1 aromatic heterocycles. The van der Waals surface area contributed by atoms with Crippen LogP contribution in [-0.4, -0.2) is 106 Å². The number of ether oxygens (including phenoxy) is 1. The van der Waals surface area contributed by atoms with Gasteiger partial charge in [-0.15, -0.1) is 11.3 Å². The van der Waals surface area contributed by atoms with Gasteiger partial charge in [-0.05, 0) is 71.4 Å². The number of fused-ring (bicyclic) bond motifs is 4. The van der Waals surface area contributed by atoms with Crippen LogP contribution in [0.3, 0.4) is 0 Å². The number of hydrogen-bond acceptors (Lipinski definition) is 11. The Hall–Kier alpha value is -4.58. The monoisotopic (exact) mass is 814 g/mol.